The number of hydrogen-bond acceptors (Lipinski definition) is 3. The standard InChI is InChI=1S/C15H21N3O2/c1-2-4-13(16)15(20)17-11-6-8-12(9-7-11)18-10-3-5-14(18)19/h6-9,13H,2-5,10,16H2,1H3,(H,17,20)/t13-/m1/s1. The van der Waals surface area contributed by atoms with Crippen molar-refractivity contribution in [2.24, 2.45) is 5.73 Å². The van der Waals surface area contributed by atoms with Crippen molar-refractivity contribution < 1.29 is 9.59 Å². The summed E-state index contributed by atoms with van der Waals surface area (Å²) in [5.41, 5.74) is 7.34. The molecule has 108 valence electrons. The first-order valence-corrected chi connectivity index (χ1v) is 7.08. The van der Waals surface area contributed by atoms with Crippen LogP contribution < -0.4 is 16.0 Å². The summed E-state index contributed by atoms with van der Waals surface area (Å²) >= 11 is 0. The van der Waals surface area contributed by atoms with E-state index < -0.39 is 6.04 Å². The van der Waals surface area contributed by atoms with Gasteiger partial charge in [-0.15, -0.1) is 0 Å². The molecule has 5 heteroatoms. The second-order valence-electron chi connectivity index (χ2n) is 5.08. The van der Waals surface area contributed by atoms with E-state index in [2.05, 4.69) is 5.32 Å². The molecule has 1 aromatic rings. The van der Waals surface area contributed by atoms with Crippen molar-refractivity contribution in [3.05, 3.63) is 24.3 Å². The first kappa shape index (κ1) is 14.5. The molecule has 0 unspecified atom stereocenters. The maximum atomic E-state index is 11.8. The maximum Gasteiger partial charge on any atom is 0.241 e. The van der Waals surface area contributed by atoms with Crippen LogP contribution in [0.5, 0.6) is 0 Å². The fraction of sp³-hybridized carbons (Fsp3) is 0.467. The highest BCUT2D eigenvalue weighted by Crippen LogP contribution is 2.23. The molecule has 5 nitrogen and oxygen atoms in total. The Kier molecular flexibility index (Phi) is 4.74. The Labute approximate surface area is 119 Å². The number of benzene rings is 1. The van der Waals surface area contributed by atoms with E-state index in [1.807, 2.05) is 19.1 Å². The number of hydrogen-bond donors (Lipinski definition) is 2. The van der Waals surface area contributed by atoms with Gasteiger partial charge in [0.1, 0.15) is 0 Å². The molecule has 2 rings (SSSR count). The van der Waals surface area contributed by atoms with Gasteiger partial charge in [0.2, 0.25) is 11.8 Å². The Hall–Kier alpha value is -1.88. The lowest BCUT2D eigenvalue weighted by Crippen LogP contribution is -2.35. The molecule has 0 spiro atoms. The van der Waals surface area contributed by atoms with Gasteiger partial charge in [0.05, 0.1) is 6.04 Å². The summed E-state index contributed by atoms with van der Waals surface area (Å²) in [5, 5.41) is 2.79. The molecule has 0 bridgehead atoms. The Morgan fingerprint density at radius 2 is 2.10 bits per heavy atom. The summed E-state index contributed by atoms with van der Waals surface area (Å²) in [6, 6.07) is 6.84. The van der Waals surface area contributed by atoms with Crippen LogP contribution in [0.25, 0.3) is 0 Å². The van der Waals surface area contributed by atoms with Gasteiger partial charge in [0, 0.05) is 24.3 Å². The van der Waals surface area contributed by atoms with Crippen molar-refractivity contribution in [2.45, 2.75) is 38.6 Å². The summed E-state index contributed by atoms with van der Waals surface area (Å²) < 4.78 is 0. The van der Waals surface area contributed by atoms with Gasteiger partial charge in [0.25, 0.3) is 0 Å². The zero-order valence-electron chi connectivity index (χ0n) is 11.8. The predicted octanol–water partition coefficient (Wildman–Crippen LogP) is 1.88. The van der Waals surface area contributed by atoms with Gasteiger partial charge in [-0.3, -0.25) is 9.59 Å². The largest absolute Gasteiger partial charge is 0.325 e. The topological polar surface area (TPSA) is 75.4 Å². The Bertz CT molecular complexity index is 484. The third-order valence-corrected chi connectivity index (χ3v) is 3.46. The summed E-state index contributed by atoms with van der Waals surface area (Å²) in [6.45, 7) is 2.76. The maximum absolute atomic E-state index is 11.8. The normalized spacial score (nSPS) is 16.3. The quantitative estimate of drug-likeness (QED) is 0.861. The molecule has 0 aromatic heterocycles. The van der Waals surface area contributed by atoms with Crippen LogP contribution in [-0.2, 0) is 9.59 Å². The number of anilines is 2. The highest BCUT2D eigenvalue weighted by Gasteiger charge is 2.21. The van der Waals surface area contributed by atoms with Gasteiger partial charge in [-0.1, -0.05) is 13.3 Å². The molecule has 0 aliphatic carbocycles. The van der Waals surface area contributed by atoms with Crippen LogP contribution in [0.3, 0.4) is 0 Å². The molecule has 1 aliphatic rings. The molecule has 2 amide bonds. The zero-order valence-corrected chi connectivity index (χ0v) is 11.8. The van der Waals surface area contributed by atoms with Crippen LogP contribution in [0.15, 0.2) is 24.3 Å². The van der Waals surface area contributed by atoms with Crippen molar-refractivity contribution in [3.63, 3.8) is 0 Å². The van der Waals surface area contributed by atoms with Crippen molar-refractivity contribution in [1.82, 2.24) is 0 Å². The molecule has 1 saturated heterocycles. The number of carbonyl (C=O) groups is 2. The van der Waals surface area contributed by atoms with Gasteiger partial charge in [-0.25, -0.2) is 0 Å². The van der Waals surface area contributed by atoms with E-state index >= 15 is 0 Å². The van der Waals surface area contributed by atoms with Gasteiger partial charge in [0.15, 0.2) is 0 Å². The number of nitrogens with two attached hydrogens (primary N) is 1. The van der Waals surface area contributed by atoms with Crippen molar-refractivity contribution in [3.8, 4) is 0 Å². The van der Waals surface area contributed by atoms with Crippen LogP contribution >= 0.6 is 0 Å². The van der Waals surface area contributed by atoms with Crippen molar-refractivity contribution in [1.29, 1.82) is 0 Å². The molecule has 1 fully saturated rings. The second kappa shape index (κ2) is 6.52. The van der Waals surface area contributed by atoms with Gasteiger partial charge in [-0.05, 0) is 37.1 Å². The fourth-order valence-electron chi connectivity index (χ4n) is 2.32. The molecule has 0 saturated carbocycles. The molecule has 1 atom stereocenters. The second-order valence-corrected chi connectivity index (χ2v) is 5.08. The Morgan fingerprint density at radius 1 is 1.40 bits per heavy atom. The number of carbonyl (C=O) groups excluding carboxylic acids is 2. The molecular formula is C15H21N3O2. The zero-order chi connectivity index (χ0) is 14.5. The lowest BCUT2D eigenvalue weighted by molar-refractivity contribution is -0.118. The van der Waals surface area contributed by atoms with E-state index in [0.717, 1.165) is 25.1 Å². The minimum Gasteiger partial charge on any atom is -0.325 e. The van der Waals surface area contributed by atoms with Gasteiger partial charge < -0.3 is 16.0 Å². The average Bonchev–Trinajstić information content (AvgIpc) is 2.86. The van der Waals surface area contributed by atoms with E-state index in [9.17, 15) is 9.59 Å². The van der Waals surface area contributed by atoms with E-state index in [1.54, 1.807) is 17.0 Å². The highest BCUT2D eigenvalue weighted by atomic mass is 16.2. The molecule has 1 heterocycles. The molecular weight excluding hydrogens is 254 g/mol. The highest BCUT2D eigenvalue weighted by molar-refractivity contribution is 5.97. The van der Waals surface area contributed by atoms with E-state index in [4.69, 9.17) is 5.73 Å². The fourth-order valence-corrected chi connectivity index (χ4v) is 2.32. The third kappa shape index (κ3) is 3.36. The summed E-state index contributed by atoms with van der Waals surface area (Å²) in [6.07, 6.45) is 3.07. The van der Waals surface area contributed by atoms with Gasteiger partial charge >= 0.3 is 0 Å². The molecule has 20 heavy (non-hydrogen) atoms. The monoisotopic (exact) mass is 275 g/mol. The molecule has 3 N–H and O–H groups in total. The lowest BCUT2D eigenvalue weighted by atomic mass is 10.1. The first-order valence-electron chi connectivity index (χ1n) is 7.08. The predicted molar refractivity (Wildman–Crippen MR) is 79.5 cm³/mol. The number of amides is 2. The first-order chi connectivity index (χ1) is 9.61. The number of nitrogens with zero attached hydrogens (tertiary/aromatic N) is 1. The van der Waals surface area contributed by atoms with E-state index in [-0.39, 0.29) is 11.8 Å². The number of nitrogens with one attached hydrogen (secondary N) is 1. The van der Waals surface area contributed by atoms with Crippen LogP contribution in [0, 0.1) is 0 Å². The van der Waals surface area contributed by atoms with Crippen LogP contribution in [-0.4, -0.2) is 24.4 Å². The minimum atomic E-state index is -0.472. The lowest BCUT2D eigenvalue weighted by Gasteiger charge is -2.16. The molecule has 1 aliphatic heterocycles. The van der Waals surface area contributed by atoms with Crippen LogP contribution in [0.4, 0.5) is 11.4 Å². The van der Waals surface area contributed by atoms with E-state index in [0.29, 0.717) is 18.5 Å². The van der Waals surface area contributed by atoms with Crippen LogP contribution in [0.1, 0.15) is 32.6 Å². The van der Waals surface area contributed by atoms with Crippen molar-refractivity contribution in [2.75, 3.05) is 16.8 Å². The number of rotatable bonds is 5. The summed E-state index contributed by atoms with van der Waals surface area (Å²) in [5.74, 6) is -0.0106. The summed E-state index contributed by atoms with van der Waals surface area (Å²) in [7, 11) is 0. The minimum absolute atomic E-state index is 0.159. The van der Waals surface area contributed by atoms with E-state index in [1.165, 1.54) is 0 Å². The third-order valence-electron chi connectivity index (χ3n) is 3.46. The SMILES string of the molecule is CCC[C@@H](N)C(=O)Nc1ccc(N2CCCC2=O)cc1. The Balaban J connectivity index is 1.98. The molecule has 0 radical (unpaired) electrons. The molecule has 1 aromatic carbocycles. The smallest absolute Gasteiger partial charge is 0.241 e. The van der Waals surface area contributed by atoms with Crippen LogP contribution in [0.2, 0.25) is 0 Å². The Morgan fingerprint density at radius 3 is 2.65 bits per heavy atom. The van der Waals surface area contributed by atoms with Gasteiger partial charge in [-0.2, -0.15) is 0 Å². The van der Waals surface area contributed by atoms with Crippen molar-refractivity contribution >= 4 is 23.2 Å². The average molecular weight is 275 g/mol. The summed E-state index contributed by atoms with van der Waals surface area (Å²) in [4.78, 5) is 25.2.